The van der Waals surface area contributed by atoms with Crippen molar-refractivity contribution in [1.29, 1.82) is 0 Å². The molecule has 1 aromatic heterocycles. The van der Waals surface area contributed by atoms with E-state index in [1.165, 1.54) is 30.1 Å². The third-order valence-corrected chi connectivity index (χ3v) is 4.66. The van der Waals surface area contributed by atoms with Gasteiger partial charge in [-0.15, -0.1) is 11.8 Å². The Labute approximate surface area is 171 Å². The number of carbonyl (C=O) groups is 1. The minimum Gasteiger partial charge on any atom is -0.497 e. The van der Waals surface area contributed by atoms with Crippen LogP contribution in [0.5, 0.6) is 17.4 Å². The molecule has 2 aromatic carbocycles. The number of benzene rings is 2. The van der Waals surface area contributed by atoms with E-state index in [-0.39, 0.29) is 22.8 Å². The molecule has 0 bridgehead atoms. The van der Waals surface area contributed by atoms with E-state index in [0.29, 0.717) is 11.5 Å². The van der Waals surface area contributed by atoms with Gasteiger partial charge >= 0.3 is 0 Å². The smallest absolute Gasteiger partial charge is 0.282 e. The highest BCUT2D eigenvalue weighted by atomic mass is 32.2. The summed E-state index contributed by atoms with van der Waals surface area (Å²) >= 11 is 1.39. The van der Waals surface area contributed by atoms with Crippen molar-refractivity contribution in [1.82, 2.24) is 4.98 Å². The van der Waals surface area contributed by atoms with Crippen LogP contribution in [0.4, 0.5) is 11.4 Å². The van der Waals surface area contributed by atoms with Crippen LogP contribution >= 0.6 is 11.8 Å². The Morgan fingerprint density at radius 1 is 1.14 bits per heavy atom. The number of nitro groups is 1. The molecule has 1 heterocycles. The molecule has 1 N–H and O–H groups in total. The third-order valence-electron chi connectivity index (χ3n) is 3.94. The quantitative estimate of drug-likeness (QED) is 0.339. The van der Waals surface area contributed by atoms with Gasteiger partial charge in [-0.3, -0.25) is 14.9 Å². The van der Waals surface area contributed by atoms with E-state index in [9.17, 15) is 14.9 Å². The molecule has 0 aliphatic carbocycles. The molecule has 0 spiro atoms. The van der Waals surface area contributed by atoms with E-state index in [1.807, 2.05) is 6.26 Å². The average molecular weight is 411 g/mol. The molecule has 0 unspecified atom stereocenters. The lowest BCUT2D eigenvalue weighted by Gasteiger charge is -2.12. The number of nitro benzene ring substituents is 1. The van der Waals surface area contributed by atoms with Crippen molar-refractivity contribution in [3.63, 3.8) is 0 Å². The van der Waals surface area contributed by atoms with Crippen LogP contribution in [0.15, 0.2) is 65.7 Å². The molecule has 0 radical (unpaired) electrons. The average Bonchev–Trinajstić information content (AvgIpc) is 2.75. The first-order valence-corrected chi connectivity index (χ1v) is 9.65. The molecule has 0 fully saturated rings. The summed E-state index contributed by atoms with van der Waals surface area (Å²) in [5, 5.41) is 14.0. The van der Waals surface area contributed by atoms with Gasteiger partial charge in [0.2, 0.25) is 5.88 Å². The van der Waals surface area contributed by atoms with Crippen molar-refractivity contribution >= 4 is 29.0 Å². The number of thioether (sulfide) groups is 1. The maximum atomic E-state index is 12.8. The molecule has 1 amide bonds. The number of anilines is 1. The lowest BCUT2D eigenvalue weighted by atomic mass is 10.1. The monoisotopic (exact) mass is 411 g/mol. The van der Waals surface area contributed by atoms with Crippen LogP contribution in [0.3, 0.4) is 0 Å². The van der Waals surface area contributed by atoms with Gasteiger partial charge in [0.15, 0.2) is 0 Å². The maximum absolute atomic E-state index is 12.8. The first-order chi connectivity index (χ1) is 14.0. The molecular formula is C20H17N3O5S. The summed E-state index contributed by atoms with van der Waals surface area (Å²) in [6.07, 6.45) is 3.34. The zero-order chi connectivity index (χ0) is 20.8. The number of nitrogens with zero attached hydrogens (tertiary/aromatic N) is 2. The van der Waals surface area contributed by atoms with Gasteiger partial charge in [-0.25, -0.2) is 4.98 Å². The lowest BCUT2D eigenvalue weighted by molar-refractivity contribution is -0.385. The van der Waals surface area contributed by atoms with Crippen LogP contribution < -0.4 is 14.8 Å². The summed E-state index contributed by atoms with van der Waals surface area (Å²) in [5.74, 6) is 0.707. The molecule has 29 heavy (non-hydrogen) atoms. The molecule has 8 nitrogen and oxygen atoms in total. The highest BCUT2D eigenvalue weighted by Crippen LogP contribution is 2.30. The molecule has 0 aliphatic heterocycles. The van der Waals surface area contributed by atoms with Gasteiger partial charge in [0, 0.05) is 17.2 Å². The minimum atomic E-state index is -0.625. The number of pyridine rings is 1. The second-order valence-corrected chi connectivity index (χ2v) is 6.61. The van der Waals surface area contributed by atoms with Crippen LogP contribution in [-0.2, 0) is 0 Å². The highest BCUT2D eigenvalue weighted by Gasteiger charge is 2.22. The molecule has 3 rings (SSSR count). The third kappa shape index (κ3) is 4.82. The first kappa shape index (κ1) is 20.2. The van der Waals surface area contributed by atoms with Crippen LogP contribution in [-0.4, -0.2) is 29.2 Å². The van der Waals surface area contributed by atoms with Crippen LogP contribution in [0.25, 0.3) is 0 Å². The van der Waals surface area contributed by atoms with Crippen LogP contribution in [0, 0.1) is 10.1 Å². The molecule has 0 atom stereocenters. The van der Waals surface area contributed by atoms with E-state index in [1.54, 1.807) is 49.6 Å². The van der Waals surface area contributed by atoms with E-state index in [2.05, 4.69) is 10.3 Å². The van der Waals surface area contributed by atoms with Gasteiger partial charge in [0.25, 0.3) is 11.6 Å². The SMILES string of the molecule is COc1ccc(Oc2ncccc2NC(=O)c2cc(SC)ccc2[N+](=O)[O-])cc1. The number of hydrogen-bond acceptors (Lipinski definition) is 7. The van der Waals surface area contributed by atoms with Gasteiger partial charge in [-0.2, -0.15) is 0 Å². The van der Waals surface area contributed by atoms with Gasteiger partial charge in [-0.05, 0) is 54.8 Å². The normalized spacial score (nSPS) is 10.3. The predicted octanol–water partition coefficient (Wildman–Crippen LogP) is 4.76. The fraction of sp³-hybridized carbons (Fsp3) is 0.100. The second kappa shape index (κ2) is 9.07. The van der Waals surface area contributed by atoms with E-state index in [4.69, 9.17) is 9.47 Å². The van der Waals surface area contributed by atoms with Gasteiger partial charge in [-0.1, -0.05) is 0 Å². The fourth-order valence-electron chi connectivity index (χ4n) is 2.50. The number of amides is 1. The highest BCUT2D eigenvalue weighted by molar-refractivity contribution is 7.98. The van der Waals surface area contributed by atoms with Crippen molar-refractivity contribution in [2.45, 2.75) is 4.90 Å². The number of hydrogen-bond donors (Lipinski definition) is 1. The summed E-state index contributed by atoms with van der Waals surface area (Å²) in [5.41, 5.74) is -0.0277. The molecule has 0 aliphatic rings. The van der Waals surface area contributed by atoms with Crippen molar-refractivity contribution in [3.8, 4) is 17.4 Å². The summed E-state index contributed by atoms with van der Waals surface area (Å²) in [7, 11) is 1.56. The standard InChI is InChI=1S/C20H17N3O5S/c1-27-13-5-7-14(8-6-13)28-20-17(4-3-11-21-20)22-19(24)16-12-15(29-2)9-10-18(16)23(25)26/h3-12H,1-2H3,(H,22,24). The molecule has 9 heteroatoms. The number of methoxy groups -OCH3 is 1. The Morgan fingerprint density at radius 3 is 2.52 bits per heavy atom. The summed E-state index contributed by atoms with van der Waals surface area (Å²) < 4.78 is 10.9. The molecule has 0 saturated carbocycles. The van der Waals surface area contributed by atoms with Crippen LogP contribution in [0.1, 0.15) is 10.4 Å². The Bertz CT molecular complexity index is 1040. The zero-order valence-corrected chi connectivity index (χ0v) is 16.4. The number of nitrogens with one attached hydrogen (secondary N) is 1. The summed E-state index contributed by atoms with van der Waals surface area (Å²) in [6.45, 7) is 0. The minimum absolute atomic E-state index is 0.0406. The number of ether oxygens (including phenoxy) is 2. The zero-order valence-electron chi connectivity index (χ0n) is 15.6. The maximum Gasteiger partial charge on any atom is 0.282 e. The largest absolute Gasteiger partial charge is 0.497 e. The Morgan fingerprint density at radius 2 is 1.86 bits per heavy atom. The van der Waals surface area contributed by atoms with E-state index >= 15 is 0 Å². The van der Waals surface area contributed by atoms with E-state index in [0.717, 1.165) is 4.90 Å². The van der Waals surface area contributed by atoms with Crippen molar-refractivity contribution in [2.24, 2.45) is 0 Å². The first-order valence-electron chi connectivity index (χ1n) is 8.42. The molecule has 0 saturated heterocycles. The van der Waals surface area contributed by atoms with Crippen molar-refractivity contribution in [2.75, 3.05) is 18.7 Å². The molecular weight excluding hydrogens is 394 g/mol. The van der Waals surface area contributed by atoms with Gasteiger partial charge in [0.1, 0.15) is 22.7 Å². The number of rotatable bonds is 7. The predicted molar refractivity (Wildman–Crippen MR) is 110 cm³/mol. The Hall–Kier alpha value is -3.59. The molecule has 3 aromatic rings. The van der Waals surface area contributed by atoms with Crippen molar-refractivity contribution < 1.29 is 19.2 Å². The second-order valence-electron chi connectivity index (χ2n) is 5.73. The fourth-order valence-corrected chi connectivity index (χ4v) is 2.94. The Balaban J connectivity index is 1.87. The molecule has 148 valence electrons. The summed E-state index contributed by atoms with van der Waals surface area (Å²) in [4.78, 5) is 28.4. The van der Waals surface area contributed by atoms with Gasteiger partial charge in [0.05, 0.1) is 12.0 Å². The van der Waals surface area contributed by atoms with Gasteiger partial charge < -0.3 is 14.8 Å². The van der Waals surface area contributed by atoms with Crippen molar-refractivity contribution in [3.05, 3.63) is 76.5 Å². The summed E-state index contributed by atoms with van der Waals surface area (Å²) in [6, 6.07) is 14.5. The number of aromatic nitrogens is 1. The number of carbonyl (C=O) groups excluding carboxylic acids is 1. The topological polar surface area (TPSA) is 104 Å². The Kier molecular flexibility index (Phi) is 6.30. The lowest BCUT2D eigenvalue weighted by Crippen LogP contribution is -2.15. The van der Waals surface area contributed by atoms with E-state index < -0.39 is 10.8 Å². The van der Waals surface area contributed by atoms with Crippen LogP contribution in [0.2, 0.25) is 0 Å².